The number of hydrogen-bond donors (Lipinski definition) is 0. The average molecular weight is 255 g/mol. The summed E-state index contributed by atoms with van der Waals surface area (Å²) in [7, 11) is 0. The Hall–Kier alpha value is -1.32. The van der Waals surface area contributed by atoms with Crippen LogP contribution in [0.3, 0.4) is 0 Å². The number of halogens is 2. The summed E-state index contributed by atoms with van der Waals surface area (Å²) in [6, 6.07) is 6.89. The van der Waals surface area contributed by atoms with Crippen LogP contribution in [0.2, 0.25) is 10.0 Å². The maximum atomic E-state index is 11.4. The molecular weight excluding hydrogens is 247 g/mol. The minimum absolute atomic E-state index is 0.298. The third kappa shape index (κ3) is 2.43. The number of hydrogen-bond acceptors (Lipinski definition) is 2. The van der Waals surface area contributed by atoms with Crippen LogP contribution in [0.25, 0.3) is 0 Å². The molecule has 2 rings (SSSR count). The first-order chi connectivity index (χ1) is 7.66. The molecule has 82 valence electrons. The lowest BCUT2D eigenvalue weighted by molar-refractivity contribution is 0.727. The van der Waals surface area contributed by atoms with E-state index in [-0.39, 0.29) is 5.69 Å². The lowest BCUT2D eigenvalue weighted by Crippen LogP contribution is -2.21. The average Bonchev–Trinajstić information content (AvgIpc) is 2.25. The van der Waals surface area contributed by atoms with E-state index in [1.807, 2.05) is 0 Å². The molecule has 0 aliphatic carbocycles. The SMILES string of the molecule is O=c1ncccn1Cc1ccc(Cl)cc1Cl. The Morgan fingerprint density at radius 3 is 2.81 bits per heavy atom. The Kier molecular flexibility index (Phi) is 3.27. The zero-order valence-corrected chi connectivity index (χ0v) is 9.74. The van der Waals surface area contributed by atoms with E-state index in [9.17, 15) is 4.79 Å². The number of benzene rings is 1. The number of rotatable bonds is 2. The van der Waals surface area contributed by atoms with Gasteiger partial charge in [-0.3, -0.25) is 4.57 Å². The molecule has 16 heavy (non-hydrogen) atoms. The standard InChI is InChI=1S/C11H8Cl2N2O/c12-9-3-2-8(10(13)6-9)7-15-5-1-4-14-11(15)16/h1-6H,7H2. The van der Waals surface area contributed by atoms with E-state index in [4.69, 9.17) is 23.2 Å². The predicted octanol–water partition coefficient (Wildman–Crippen LogP) is 2.60. The fraction of sp³-hybridized carbons (Fsp3) is 0.0909. The second kappa shape index (κ2) is 4.68. The van der Waals surface area contributed by atoms with Gasteiger partial charge >= 0.3 is 5.69 Å². The van der Waals surface area contributed by atoms with Gasteiger partial charge in [-0.1, -0.05) is 29.3 Å². The van der Waals surface area contributed by atoms with Gasteiger partial charge in [0.25, 0.3) is 0 Å². The van der Waals surface area contributed by atoms with Crippen LogP contribution in [0.1, 0.15) is 5.56 Å². The largest absolute Gasteiger partial charge is 0.347 e. The monoisotopic (exact) mass is 254 g/mol. The number of nitrogens with zero attached hydrogens (tertiary/aromatic N) is 2. The summed E-state index contributed by atoms with van der Waals surface area (Å²) >= 11 is 11.8. The van der Waals surface area contributed by atoms with Crippen molar-refractivity contribution < 1.29 is 0 Å². The van der Waals surface area contributed by atoms with Crippen LogP contribution in [0, 0.1) is 0 Å². The van der Waals surface area contributed by atoms with E-state index >= 15 is 0 Å². The van der Waals surface area contributed by atoms with Crippen molar-refractivity contribution in [2.45, 2.75) is 6.54 Å². The third-order valence-corrected chi connectivity index (χ3v) is 2.73. The molecule has 1 aromatic carbocycles. The summed E-state index contributed by atoms with van der Waals surface area (Å²) < 4.78 is 1.48. The molecule has 0 bridgehead atoms. The van der Waals surface area contributed by atoms with Crippen molar-refractivity contribution in [3.05, 3.63) is 62.8 Å². The van der Waals surface area contributed by atoms with Gasteiger partial charge in [0.05, 0.1) is 6.54 Å². The van der Waals surface area contributed by atoms with Gasteiger partial charge < -0.3 is 0 Å². The van der Waals surface area contributed by atoms with E-state index in [0.717, 1.165) is 5.56 Å². The van der Waals surface area contributed by atoms with Crippen molar-refractivity contribution >= 4 is 23.2 Å². The highest BCUT2D eigenvalue weighted by molar-refractivity contribution is 6.35. The summed E-state index contributed by atoms with van der Waals surface area (Å²) in [5.41, 5.74) is 0.537. The molecule has 0 fully saturated rings. The fourth-order valence-electron chi connectivity index (χ4n) is 1.34. The van der Waals surface area contributed by atoms with E-state index in [0.29, 0.717) is 16.6 Å². The van der Waals surface area contributed by atoms with E-state index in [1.165, 1.54) is 10.8 Å². The van der Waals surface area contributed by atoms with Gasteiger partial charge in [-0.2, -0.15) is 0 Å². The van der Waals surface area contributed by atoms with Crippen LogP contribution in [0.5, 0.6) is 0 Å². The first-order valence-electron chi connectivity index (χ1n) is 4.62. The van der Waals surface area contributed by atoms with Gasteiger partial charge in [-0.25, -0.2) is 9.78 Å². The second-order valence-corrected chi connectivity index (χ2v) is 4.11. The Bertz CT molecular complexity index is 566. The minimum atomic E-state index is -0.298. The molecule has 0 atom stereocenters. The van der Waals surface area contributed by atoms with Crippen molar-refractivity contribution in [1.29, 1.82) is 0 Å². The summed E-state index contributed by atoms with van der Waals surface area (Å²) in [6.45, 7) is 0.392. The van der Waals surface area contributed by atoms with Crippen molar-refractivity contribution in [3.63, 3.8) is 0 Å². The molecule has 0 unspecified atom stereocenters. The highest BCUT2D eigenvalue weighted by atomic mass is 35.5. The molecule has 3 nitrogen and oxygen atoms in total. The van der Waals surface area contributed by atoms with E-state index in [2.05, 4.69) is 4.98 Å². The number of aromatic nitrogens is 2. The van der Waals surface area contributed by atoms with Crippen LogP contribution in [0.4, 0.5) is 0 Å². The molecule has 0 spiro atoms. The maximum absolute atomic E-state index is 11.4. The van der Waals surface area contributed by atoms with E-state index < -0.39 is 0 Å². The van der Waals surface area contributed by atoms with Crippen LogP contribution < -0.4 is 5.69 Å². The molecular formula is C11H8Cl2N2O. The summed E-state index contributed by atoms with van der Waals surface area (Å²) in [6.07, 6.45) is 3.13. The molecule has 0 aliphatic rings. The van der Waals surface area contributed by atoms with Gasteiger partial charge in [0.15, 0.2) is 0 Å². The maximum Gasteiger partial charge on any atom is 0.347 e. The van der Waals surface area contributed by atoms with Crippen LogP contribution in [0.15, 0.2) is 41.5 Å². The quantitative estimate of drug-likeness (QED) is 0.826. The van der Waals surface area contributed by atoms with Crippen LogP contribution >= 0.6 is 23.2 Å². The Balaban J connectivity index is 2.35. The molecule has 1 heterocycles. The predicted molar refractivity (Wildman–Crippen MR) is 64.1 cm³/mol. The molecule has 0 aliphatic heterocycles. The molecule has 0 saturated carbocycles. The highest BCUT2D eigenvalue weighted by Crippen LogP contribution is 2.21. The summed E-state index contributed by atoms with van der Waals surface area (Å²) in [4.78, 5) is 15.0. The molecule has 0 N–H and O–H groups in total. The normalized spacial score (nSPS) is 10.4. The van der Waals surface area contributed by atoms with Crippen molar-refractivity contribution in [2.24, 2.45) is 0 Å². The van der Waals surface area contributed by atoms with E-state index in [1.54, 1.807) is 30.5 Å². The highest BCUT2D eigenvalue weighted by Gasteiger charge is 2.03. The molecule has 5 heteroatoms. The third-order valence-electron chi connectivity index (χ3n) is 2.14. The van der Waals surface area contributed by atoms with Crippen molar-refractivity contribution in [1.82, 2.24) is 9.55 Å². The summed E-state index contributed by atoms with van der Waals surface area (Å²) in [5.74, 6) is 0. The van der Waals surface area contributed by atoms with Gasteiger partial charge in [-0.15, -0.1) is 0 Å². The molecule has 2 aromatic rings. The van der Waals surface area contributed by atoms with Crippen LogP contribution in [-0.4, -0.2) is 9.55 Å². The van der Waals surface area contributed by atoms with Gasteiger partial charge in [-0.05, 0) is 23.8 Å². The van der Waals surface area contributed by atoms with Gasteiger partial charge in [0.2, 0.25) is 0 Å². The van der Waals surface area contributed by atoms with Crippen LogP contribution in [-0.2, 0) is 6.54 Å². The molecule has 0 amide bonds. The lowest BCUT2D eigenvalue weighted by atomic mass is 10.2. The Labute approximate surface area is 102 Å². The first-order valence-corrected chi connectivity index (χ1v) is 5.38. The minimum Gasteiger partial charge on any atom is -0.295 e. The first kappa shape index (κ1) is 11.2. The molecule has 1 aromatic heterocycles. The van der Waals surface area contributed by atoms with Crippen molar-refractivity contribution in [2.75, 3.05) is 0 Å². The van der Waals surface area contributed by atoms with Gasteiger partial charge in [0.1, 0.15) is 0 Å². The zero-order chi connectivity index (χ0) is 11.5. The second-order valence-electron chi connectivity index (χ2n) is 3.27. The van der Waals surface area contributed by atoms with Crippen molar-refractivity contribution in [3.8, 4) is 0 Å². The lowest BCUT2D eigenvalue weighted by Gasteiger charge is -2.06. The smallest absolute Gasteiger partial charge is 0.295 e. The fourth-order valence-corrected chi connectivity index (χ4v) is 1.81. The Morgan fingerprint density at radius 2 is 2.12 bits per heavy atom. The molecule has 0 saturated heterocycles. The molecule has 0 radical (unpaired) electrons. The zero-order valence-electron chi connectivity index (χ0n) is 8.23. The summed E-state index contributed by atoms with van der Waals surface area (Å²) in [5, 5.41) is 1.12. The topological polar surface area (TPSA) is 34.9 Å². The Morgan fingerprint density at radius 1 is 1.31 bits per heavy atom. The van der Waals surface area contributed by atoms with Gasteiger partial charge in [0, 0.05) is 22.4 Å².